The molecule has 3 N–H and O–H groups in total. The molecule has 1 saturated heterocycles. The molecule has 0 unspecified atom stereocenters. The molecule has 210 valence electrons. The van der Waals surface area contributed by atoms with Crippen LogP contribution in [0.5, 0.6) is 5.75 Å². The van der Waals surface area contributed by atoms with Gasteiger partial charge in [-0.25, -0.2) is 13.6 Å². The highest BCUT2D eigenvalue weighted by Gasteiger charge is 2.45. The SMILES string of the molecule is C=C/C(Cl)=C\C=C(/N)[C@@](Cc1ccccc1)(NC(=O)N1CC[C@@H](F)C1)c1cc(F)cc(OC(F)(F)C(F)F)c1. The van der Waals surface area contributed by atoms with Crippen LogP contribution in [0.4, 0.5) is 31.1 Å². The van der Waals surface area contributed by atoms with Gasteiger partial charge in [-0.2, -0.15) is 17.6 Å². The number of halogens is 7. The Bertz CT molecular complexity index is 1240. The maximum atomic E-state index is 14.8. The molecule has 2 aromatic rings. The summed E-state index contributed by atoms with van der Waals surface area (Å²) in [7, 11) is 0. The average Bonchev–Trinajstić information content (AvgIpc) is 3.32. The predicted molar refractivity (Wildman–Crippen MR) is 136 cm³/mol. The zero-order chi connectivity index (χ0) is 28.8. The first kappa shape index (κ1) is 29.9. The highest BCUT2D eigenvalue weighted by atomic mass is 35.5. The molecule has 5 nitrogen and oxygen atoms in total. The zero-order valence-electron chi connectivity index (χ0n) is 20.5. The van der Waals surface area contributed by atoms with Gasteiger partial charge < -0.3 is 20.7 Å². The monoisotopic (exact) mass is 573 g/mol. The number of rotatable bonds is 10. The fourth-order valence-electron chi connectivity index (χ4n) is 4.07. The Morgan fingerprint density at radius 1 is 1.23 bits per heavy atom. The Kier molecular flexibility index (Phi) is 9.60. The minimum Gasteiger partial charge on any atom is -0.428 e. The molecule has 0 spiro atoms. The third-order valence-corrected chi connectivity index (χ3v) is 6.31. The molecule has 2 amide bonds. The molecule has 0 aromatic heterocycles. The summed E-state index contributed by atoms with van der Waals surface area (Å²) in [4.78, 5) is 14.5. The van der Waals surface area contributed by atoms with Gasteiger partial charge in [-0.05, 0) is 41.8 Å². The van der Waals surface area contributed by atoms with Gasteiger partial charge in [0.25, 0.3) is 0 Å². The lowest BCUT2D eigenvalue weighted by molar-refractivity contribution is -0.253. The number of ether oxygens (including phenoxy) is 1. The van der Waals surface area contributed by atoms with Gasteiger partial charge in [-0.15, -0.1) is 0 Å². The second-order valence-corrected chi connectivity index (χ2v) is 9.28. The first-order valence-electron chi connectivity index (χ1n) is 11.7. The normalized spacial score (nSPS) is 18.2. The van der Waals surface area contributed by atoms with Crippen molar-refractivity contribution in [3.05, 3.63) is 101 Å². The lowest BCUT2D eigenvalue weighted by atomic mass is 9.80. The highest BCUT2D eigenvalue weighted by molar-refractivity contribution is 6.31. The van der Waals surface area contributed by atoms with Crippen molar-refractivity contribution in [1.82, 2.24) is 10.2 Å². The first-order valence-corrected chi connectivity index (χ1v) is 12.1. The Morgan fingerprint density at radius 3 is 2.51 bits per heavy atom. The molecule has 1 fully saturated rings. The summed E-state index contributed by atoms with van der Waals surface area (Å²) in [5.74, 6) is -2.06. The summed E-state index contributed by atoms with van der Waals surface area (Å²) in [5, 5.41) is 2.86. The number of hydrogen-bond donors (Lipinski definition) is 2. The quantitative estimate of drug-likeness (QED) is 0.255. The standard InChI is InChI=1S/C27H26ClF6N3O2/c1-2-19(28)8-9-23(35)26(15-17-6-4-3-5-7-17,36-25(38)37-11-10-20(29)16-37)18-12-21(30)14-22(13-18)39-27(33,34)24(31)32/h2-9,12-14,20,24H,1,10-11,15-16,35H2,(H,36,38)/b19-8+,23-9-/t20-,26+/m1/s1. The lowest BCUT2D eigenvalue weighted by Crippen LogP contribution is -2.55. The van der Waals surface area contributed by atoms with E-state index in [0.717, 1.165) is 12.1 Å². The number of nitrogens with zero attached hydrogens (tertiary/aromatic N) is 1. The van der Waals surface area contributed by atoms with Crippen LogP contribution in [0, 0.1) is 5.82 Å². The van der Waals surface area contributed by atoms with Gasteiger partial charge in [0.15, 0.2) is 0 Å². The van der Waals surface area contributed by atoms with Crippen LogP contribution in [0.15, 0.2) is 84.1 Å². The number of amides is 2. The van der Waals surface area contributed by atoms with Crippen LogP contribution in [0.2, 0.25) is 0 Å². The maximum absolute atomic E-state index is 14.8. The van der Waals surface area contributed by atoms with E-state index in [1.54, 1.807) is 30.3 Å². The van der Waals surface area contributed by atoms with Gasteiger partial charge >= 0.3 is 18.6 Å². The minimum absolute atomic E-state index is 0.0817. The van der Waals surface area contributed by atoms with Crippen LogP contribution < -0.4 is 15.8 Å². The number of carbonyl (C=O) groups excluding carboxylic acids is 1. The predicted octanol–water partition coefficient (Wildman–Crippen LogP) is 6.41. The number of nitrogens with two attached hydrogens (primary N) is 1. The fourth-order valence-corrected chi connectivity index (χ4v) is 4.14. The molecule has 0 radical (unpaired) electrons. The summed E-state index contributed by atoms with van der Waals surface area (Å²) in [5.41, 5.74) is 4.85. The Morgan fingerprint density at radius 2 is 1.92 bits per heavy atom. The van der Waals surface area contributed by atoms with Crippen molar-refractivity contribution in [1.29, 1.82) is 0 Å². The molecule has 0 saturated carbocycles. The summed E-state index contributed by atoms with van der Waals surface area (Å²) in [6, 6.07) is 9.96. The van der Waals surface area contributed by atoms with E-state index in [2.05, 4.69) is 16.6 Å². The van der Waals surface area contributed by atoms with Gasteiger partial charge in [0.1, 0.15) is 23.3 Å². The third-order valence-electron chi connectivity index (χ3n) is 6.03. The van der Waals surface area contributed by atoms with E-state index in [9.17, 15) is 31.1 Å². The molecular weight excluding hydrogens is 548 g/mol. The van der Waals surface area contributed by atoms with Gasteiger partial charge in [0.05, 0.1) is 6.54 Å². The molecule has 0 bridgehead atoms. The molecular formula is C27H26ClF6N3O2. The highest BCUT2D eigenvalue weighted by Crippen LogP contribution is 2.37. The van der Waals surface area contributed by atoms with E-state index in [0.29, 0.717) is 11.6 Å². The second kappa shape index (κ2) is 12.5. The van der Waals surface area contributed by atoms with Gasteiger partial charge in [-0.1, -0.05) is 54.6 Å². The van der Waals surface area contributed by atoms with E-state index >= 15 is 0 Å². The second-order valence-electron chi connectivity index (χ2n) is 8.85. The number of urea groups is 1. The van der Waals surface area contributed by atoms with Gasteiger partial charge in [0, 0.05) is 29.8 Å². The van der Waals surface area contributed by atoms with Crippen molar-refractivity contribution >= 4 is 17.6 Å². The first-order chi connectivity index (χ1) is 18.4. The van der Waals surface area contributed by atoms with Crippen molar-refractivity contribution in [2.24, 2.45) is 5.73 Å². The third kappa shape index (κ3) is 7.50. The van der Waals surface area contributed by atoms with E-state index in [1.165, 1.54) is 23.1 Å². The minimum atomic E-state index is -4.93. The summed E-state index contributed by atoms with van der Waals surface area (Å²) >= 11 is 6.02. The van der Waals surface area contributed by atoms with Crippen LogP contribution in [0.1, 0.15) is 17.5 Å². The van der Waals surface area contributed by atoms with Crippen LogP contribution >= 0.6 is 11.6 Å². The van der Waals surface area contributed by atoms with Gasteiger partial charge in [0.2, 0.25) is 0 Å². The molecule has 39 heavy (non-hydrogen) atoms. The van der Waals surface area contributed by atoms with E-state index in [-0.39, 0.29) is 42.2 Å². The maximum Gasteiger partial charge on any atom is 0.461 e. The van der Waals surface area contributed by atoms with Crippen molar-refractivity contribution in [3.63, 3.8) is 0 Å². The number of nitrogens with one attached hydrogen (secondary N) is 1. The number of allylic oxidation sites excluding steroid dienone is 4. The van der Waals surface area contributed by atoms with Crippen LogP contribution in [0.3, 0.4) is 0 Å². The Hall–Kier alpha value is -3.60. The zero-order valence-corrected chi connectivity index (χ0v) is 21.3. The summed E-state index contributed by atoms with van der Waals surface area (Å²) < 4.78 is 85.9. The van der Waals surface area contributed by atoms with Crippen molar-refractivity contribution in [2.45, 2.75) is 37.1 Å². The average molecular weight is 574 g/mol. The molecule has 1 heterocycles. The number of likely N-dealkylation sites (tertiary alicyclic amines) is 1. The molecule has 2 aromatic carbocycles. The van der Waals surface area contributed by atoms with Crippen LogP contribution in [-0.4, -0.2) is 42.7 Å². The summed E-state index contributed by atoms with van der Waals surface area (Å²) in [6.07, 6.45) is -6.49. The molecule has 0 aliphatic carbocycles. The smallest absolute Gasteiger partial charge is 0.428 e. The van der Waals surface area contributed by atoms with Crippen LogP contribution in [-0.2, 0) is 12.0 Å². The Labute approximate surface area is 226 Å². The lowest BCUT2D eigenvalue weighted by Gasteiger charge is -2.38. The molecule has 1 aliphatic rings. The van der Waals surface area contributed by atoms with E-state index in [4.69, 9.17) is 17.3 Å². The molecule has 12 heteroatoms. The van der Waals surface area contributed by atoms with E-state index < -0.39 is 41.8 Å². The largest absolute Gasteiger partial charge is 0.461 e. The van der Waals surface area contributed by atoms with E-state index in [1.807, 2.05) is 0 Å². The molecule has 3 rings (SSSR count). The fraction of sp³-hybridized carbons (Fsp3) is 0.296. The molecule has 1 aliphatic heterocycles. The number of benzene rings is 2. The van der Waals surface area contributed by atoms with Crippen LogP contribution in [0.25, 0.3) is 0 Å². The number of carbonyl (C=O) groups is 1. The summed E-state index contributed by atoms with van der Waals surface area (Å²) in [6.45, 7) is 3.40. The Balaban J connectivity index is 2.23. The number of alkyl halides is 5. The van der Waals surface area contributed by atoms with Crippen molar-refractivity contribution in [2.75, 3.05) is 13.1 Å². The van der Waals surface area contributed by atoms with Gasteiger partial charge in [-0.3, -0.25) is 0 Å². The van der Waals surface area contributed by atoms with Crippen molar-refractivity contribution < 1.29 is 35.9 Å². The number of hydrogen-bond acceptors (Lipinski definition) is 3. The molecule has 2 atom stereocenters. The van der Waals surface area contributed by atoms with Crippen molar-refractivity contribution in [3.8, 4) is 5.75 Å². The topological polar surface area (TPSA) is 67.6 Å².